The van der Waals surface area contributed by atoms with Gasteiger partial charge in [0.1, 0.15) is 17.6 Å². The molecule has 6 heteroatoms. The average molecular weight is 510 g/mol. The van der Waals surface area contributed by atoms with Gasteiger partial charge in [0.05, 0.1) is 16.2 Å². The highest BCUT2D eigenvalue weighted by molar-refractivity contribution is 9.28. The molecule has 0 saturated heterocycles. The van der Waals surface area contributed by atoms with Crippen molar-refractivity contribution in [3.05, 3.63) is 69.5 Å². The summed E-state index contributed by atoms with van der Waals surface area (Å²) in [5, 5.41) is 9.62. The third-order valence-electron chi connectivity index (χ3n) is 4.68. The summed E-state index contributed by atoms with van der Waals surface area (Å²) < 4.78 is 51.0. The fourth-order valence-corrected chi connectivity index (χ4v) is 3.65. The predicted octanol–water partition coefficient (Wildman–Crippen LogP) is 6.49. The Morgan fingerprint density at radius 2 is 2.00 bits per heavy atom. The standard InChI is InChI=1S/C22H19Br2NO3/c1-22(2)17(12-19(23)24)20(22)21(26)28-18(13-25)14-7-6-10-16(11-14)27-15-8-4-3-5-9-15/h3-12,17-18,20H,1-2H3/i3D,4D,5D,8D,9D. The summed E-state index contributed by atoms with van der Waals surface area (Å²) in [4.78, 5) is 12.8. The lowest BCUT2D eigenvalue weighted by Crippen LogP contribution is -2.14. The summed E-state index contributed by atoms with van der Waals surface area (Å²) in [7, 11) is 0. The van der Waals surface area contributed by atoms with E-state index in [0.717, 1.165) is 3.39 Å². The first-order valence-electron chi connectivity index (χ1n) is 10.9. The molecule has 4 nitrogen and oxygen atoms in total. The van der Waals surface area contributed by atoms with Gasteiger partial charge in [-0.1, -0.05) is 50.2 Å². The van der Waals surface area contributed by atoms with Crippen LogP contribution in [0.25, 0.3) is 0 Å². The minimum Gasteiger partial charge on any atom is -0.457 e. The van der Waals surface area contributed by atoms with Crippen LogP contribution >= 0.6 is 31.9 Å². The maximum atomic E-state index is 12.8. The first kappa shape index (κ1) is 14.8. The molecule has 3 rings (SSSR count). The van der Waals surface area contributed by atoms with E-state index in [1.807, 2.05) is 26.0 Å². The van der Waals surface area contributed by atoms with Crippen molar-refractivity contribution in [1.82, 2.24) is 0 Å². The SMILES string of the molecule is [2H]c1c([2H])c([2H])c(Oc2cccc(C(C#N)OC(=O)C3C(C=C(Br)Br)C3(C)C)c2)c([2H])c1[2H]. The van der Waals surface area contributed by atoms with E-state index in [1.165, 1.54) is 12.1 Å². The van der Waals surface area contributed by atoms with Crippen molar-refractivity contribution in [2.45, 2.75) is 20.0 Å². The van der Waals surface area contributed by atoms with Crippen molar-refractivity contribution >= 4 is 37.8 Å². The second-order valence-electron chi connectivity index (χ2n) is 6.86. The van der Waals surface area contributed by atoms with Gasteiger partial charge in [-0.15, -0.1) is 0 Å². The molecule has 1 aliphatic carbocycles. The van der Waals surface area contributed by atoms with Crippen molar-refractivity contribution in [1.29, 1.82) is 5.26 Å². The Hall–Kier alpha value is -2.10. The van der Waals surface area contributed by atoms with Crippen LogP contribution in [-0.4, -0.2) is 5.97 Å². The van der Waals surface area contributed by atoms with Crippen LogP contribution in [0.15, 0.2) is 63.9 Å². The second-order valence-corrected chi connectivity index (χ2v) is 9.63. The van der Waals surface area contributed by atoms with E-state index in [9.17, 15) is 10.1 Å². The summed E-state index contributed by atoms with van der Waals surface area (Å²) in [6.07, 6.45) is 0.677. The minimum absolute atomic E-state index is 0.0446. The molecule has 0 bridgehead atoms. The van der Waals surface area contributed by atoms with Crippen LogP contribution < -0.4 is 4.74 Å². The lowest BCUT2D eigenvalue weighted by molar-refractivity contribution is -0.149. The van der Waals surface area contributed by atoms with Crippen LogP contribution in [0.5, 0.6) is 11.5 Å². The molecule has 28 heavy (non-hydrogen) atoms. The van der Waals surface area contributed by atoms with E-state index in [4.69, 9.17) is 16.3 Å². The van der Waals surface area contributed by atoms with Gasteiger partial charge in [0.15, 0.2) is 0 Å². The molecular formula is C22H19Br2NO3. The Kier molecular flexibility index (Phi) is 4.51. The number of halogens is 2. The van der Waals surface area contributed by atoms with Gasteiger partial charge in [-0.25, -0.2) is 0 Å². The molecule has 0 aromatic heterocycles. The van der Waals surface area contributed by atoms with Gasteiger partial charge >= 0.3 is 5.97 Å². The van der Waals surface area contributed by atoms with Crippen molar-refractivity contribution in [3.63, 3.8) is 0 Å². The van der Waals surface area contributed by atoms with E-state index >= 15 is 0 Å². The fraction of sp³-hybridized carbons (Fsp3) is 0.273. The number of ether oxygens (including phenoxy) is 2. The smallest absolute Gasteiger partial charge is 0.311 e. The molecule has 3 unspecified atom stereocenters. The maximum absolute atomic E-state index is 12.8. The van der Waals surface area contributed by atoms with Crippen molar-refractivity contribution in [3.8, 4) is 17.6 Å². The van der Waals surface area contributed by atoms with Crippen LogP contribution in [0, 0.1) is 28.6 Å². The molecule has 1 fully saturated rings. The molecule has 0 radical (unpaired) electrons. The van der Waals surface area contributed by atoms with Crippen LogP contribution in [0.3, 0.4) is 0 Å². The summed E-state index contributed by atoms with van der Waals surface area (Å²) in [5.41, 5.74) is 0.0264. The number of nitrogens with zero attached hydrogens (tertiary/aromatic N) is 1. The zero-order chi connectivity index (χ0) is 24.7. The Balaban J connectivity index is 1.83. The zero-order valence-corrected chi connectivity index (χ0v) is 18.2. The summed E-state index contributed by atoms with van der Waals surface area (Å²) in [6, 6.07) is 5.54. The highest BCUT2D eigenvalue weighted by Crippen LogP contribution is 2.60. The number of hydrogen-bond donors (Lipinski definition) is 0. The number of carbonyl (C=O) groups is 1. The molecule has 0 spiro atoms. The topological polar surface area (TPSA) is 59.3 Å². The van der Waals surface area contributed by atoms with Gasteiger partial charge in [-0.05, 0) is 67.4 Å². The number of carbonyl (C=O) groups excluding carboxylic acids is 1. The molecule has 0 amide bonds. The Bertz CT molecular complexity index is 1160. The van der Waals surface area contributed by atoms with Crippen LogP contribution in [0.2, 0.25) is 0 Å². The molecule has 0 N–H and O–H groups in total. The van der Waals surface area contributed by atoms with Gasteiger partial charge in [0.2, 0.25) is 6.10 Å². The lowest BCUT2D eigenvalue weighted by atomic mass is 10.1. The van der Waals surface area contributed by atoms with Crippen molar-refractivity contribution in [2.75, 3.05) is 0 Å². The van der Waals surface area contributed by atoms with E-state index in [1.54, 1.807) is 12.1 Å². The van der Waals surface area contributed by atoms with Gasteiger partial charge in [-0.3, -0.25) is 4.79 Å². The Labute approximate surface area is 188 Å². The highest BCUT2D eigenvalue weighted by Gasteiger charge is 2.61. The van der Waals surface area contributed by atoms with E-state index in [0.29, 0.717) is 5.56 Å². The molecule has 0 heterocycles. The number of nitriles is 1. The molecule has 1 saturated carbocycles. The van der Waals surface area contributed by atoms with Crippen molar-refractivity contribution in [2.24, 2.45) is 17.3 Å². The molecule has 3 atom stereocenters. The van der Waals surface area contributed by atoms with Gasteiger partial charge in [0.25, 0.3) is 0 Å². The van der Waals surface area contributed by atoms with Crippen LogP contribution in [-0.2, 0) is 9.53 Å². The molecule has 144 valence electrons. The quantitative estimate of drug-likeness (QED) is 0.417. The average Bonchev–Trinajstić information content (AvgIpc) is 3.31. The van der Waals surface area contributed by atoms with Crippen LogP contribution in [0.1, 0.15) is 32.4 Å². The normalized spacial score (nSPS) is 22.9. The Morgan fingerprint density at radius 3 is 2.64 bits per heavy atom. The predicted molar refractivity (Wildman–Crippen MR) is 114 cm³/mol. The monoisotopic (exact) mass is 508 g/mol. The first-order chi connectivity index (χ1) is 15.4. The summed E-state index contributed by atoms with van der Waals surface area (Å²) in [5.74, 6) is -1.14. The maximum Gasteiger partial charge on any atom is 0.311 e. The number of benzene rings is 2. The van der Waals surface area contributed by atoms with Gasteiger partial charge < -0.3 is 9.47 Å². The summed E-state index contributed by atoms with van der Waals surface area (Å²) in [6.45, 7) is 3.89. The van der Waals surface area contributed by atoms with E-state index < -0.39 is 48.2 Å². The first-order valence-corrected chi connectivity index (χ1v) is 9.96. The Morgan fingerprint density at radius 1 is 1.29 bits per heavy atom. The third-order valence-corrected chi connectivity index (χ3v) is 5.21. The van der Waals surface area contributed by atoms with Crippen LogP contribution in [0.4, 0.5) is 0 Å². The number of hydrogen-bond acceptors (Lipinski definition) is 4. The second kappa shape index (κ2) is 8.50. The minimum atomic E-state index is -1.20. The molecule has 1 aliphatic rings. The van der Waals surface area contributed by atoms with E-state index in [-0.39, 0.29) is 22.8 Å². The van der Waals surface area contributed by atoms with Gasteiger partial charge in [0, 0.05) is 5.56 Å². The fourth-order valence-electron chi connectivity index (χ4n) is 3.08. The number of esters is 1. The van der Waals surface area contributed by atoms with Crippen molar-refractivity contribution < 1.29 is 21.1 Å². The largest absolute Gasteiger partial charge is 0.457 e. The number of rotatable bonds is 6. The third kappa shape index (κ3) is 4.65. The molecule has 2 aromatic carbocycles. The molecule has 0 aliphatic heterocycles. The lowest BCUT2D eigenvalue weighted by Gasteiger charge is -2.13. The zero-order valence-electron chi connectivity index (χ0n) is 20.0. The summed E-state index contributed by atoms with van der Waals surface area (Å²) >= 11 is 6.60. The molecule has 2 aromatic rings. The number of para-hydroxylation sites is 1. The van der Waals surface area contributed by atoms with E-state index in [2.05, 4.69) is 31.9 Å². The highest BCUT2D eigenvalue weighted by atomic mass is 79.9. The molecular weight excluding hydrogens is 486 g/mol. The number of allylic oxidation sites excluding steroid dienone is 1. The van der Waals surface area contributed by atoms with Gasteiger partial charge in [-0.2, -0.15) is 5.26 Å².